The minimum atomic E-state index is 0.603. The molecular weight excluding hydrogens is 250 g/mol. The van der Waals surface area contributed by atoms with Crippen LogP contribution in [0.15, 0.2) is 34.5 Å². The number of aromatic nitrogens is 1. The van der Waals surface area contributed by atoms with Crippen molar-refractivity contribution in [2.45, 2.75) is 24.2 Å². The summed E-state index contributed by atoms with van der Waals surface area (Å²) in [4.78, 5) is 5.85. The Balaban J connectivity index is 1.95. The van der Waals surface area contributed by atoms with Crippen LogP contribution in [0.25, 0.3) is 0 Å². The quantitative estimate of drug-likeness (QED) is 0.766. The fourth-order valence-electron chi connectivity index (χ4n) is 1.49. The van der Waals surface area contributed by atoms with Crippen molar-refractivity contribution in [3.8, 4) is 0 Å². The molecule has 90 valence electrons. The SMILES string of the molecule is COCc1csc(CSc2ccccc2C)n1. The van der Waals surface area contributed by atoms with Crippen molar-refractivity contribution in [1.29, 1.82) is 0 Å². The van der Waals surface area contributed by atoms with E-state index in [4.69, 9.17) is 4.74 Å². The zero-order chi connectivity index (χ0) is 12.1. The van der Waals surface area contributed by atoms with Gasteiger partial charge in [-0.15, -0.1) is 23.1 Å². The first-order valence-electron chi connectivity index (χ1n) is 5.40. The molecule has 0 amide bonds. The summed E-state index contributed by atoms with van der Waals surface area (Å²) in [5.74, 6) is 0.930. The van der Waals surface area contributed by atoms with Gasteiger partial charge in [0.25, 0.3) is 0 Å². The highest BCUT2D eigenvalue weighted by Gasteiger charge is 2.04. The lowest BCUT2D eigenvalue weighted by molar-refractivity contribution is 0.182. The van der Waals surface area contributed by atoms with E-state index < -0.39 is 0 Å². The maximum absolute atomic E-state index is 5.06. The Morgan fingerprint density at radius 3 is 2.94 bits per heavy atom. The average Bonchev–Trinajstić information content (AvgIpc) is 2.76. The van der Waals surface area contributed by atoms with Crippen LogP contribution >= 0.6 is 23.1 Å². The molecule has 1 heterocycles. The molecule has 0 aliphatic heterocycles. The van der Waals surface area contributed by atoms with Crippen LogP contribution in [0, 0.1) is 6.92 Å². The Bertz CT molecular complexity index is 482. The van der Waals surface area contributed by atoms with Crippen molar-refractivity contribution < 1.29 is 4.74 Å². The third-order valence-electron chi connectivity index (χ3n) is 2.34. The van der Waals surface area contributed by atoms with Crippen molar-refractivity contribution >= 4 is 23.1 Å². The molecule has 0 saturated heterocycles. The van der Waals surface area contributed by atoms with Gasteiger partial charge in [0.2, 0.25) is 0 Å². The molecule has 4 heteroatoms. The van der Waals surface area contributed by atoms with Gasteiger partial charge >= 0.3 is 0 Å². The highest BCUT2D eigenvalue weighted by atomic mass is 32.2. The maximum atomic E-state index is 5.06. The smallest absolute Gasteiger partial charge is 0.103 e. The number of aryl methyl sites for hydroxylation is 1. The van der Waals surface area contributed by atoms with E-state index in [1.165, 1.54) is 10.5 Å². The Morgan fingerprint density at radius 1 is 1.35 bits per heavy atom. The number of nitrogens with zero attached hydrogens (tertiary/aromatic N) is 1. The minimum Gasteiger partial charge on any atom is -0.378 e. The van der Waals surface area contributed by atoms with E-state index in [1.54, 1.807) is 18.4 Å². The molecule has 0 bridgehead atoms. The van der Waals surface area contributed by atoms with Crippen LogP contribution in [0.4, 0.5) is 0 Å². The molecule has 2 nitrogen and oxygen atoms in total. The fraction of sp³-hybridized carbons (Fsp3) is 0.308. The van der Waals surface area contributed by atoms with E-state index in [0.29, 0.717) is 6.61 Å². The van der Waals surface area contributed by atoms with E-state index >= 15 is 0 Å². The zero-order valence-corrected chi connectivity index (χ0v) is 11.6. The third-order valence-corrected chi connectivity index (χ3v) is 4.60. The number of benzene rings is 1. The zero-order valence-electron chi connectivity index (χ0n) is 9.97. The molecule has 0 radical (unpaired) electrons. The van der Waals surface area contributed by atoms with Crippen molar-refractivity contribution in [2.75, 3.05) is 7.11 Å². The van der Waals surface area contributed by atoms with Gasteiger partial charge in [-0.25, -0.2) is 4.98 Å². The fourth-order valence-corrected chi connectivity index (χ4v) is 3.31. The van der Waals surface area contributed by atoms with Gasteiger partial charge in [-0.1, -0.05) is 18.2 Å². The Kier molecular flexibility index (Phi) is 4.59. The first-order chi connectivity index (χ1) is 8.29. The summed E-state index contributed by atoms with van der Waals surface area (Å²) in [5, 5.41) is 3.22. The van der Waals surface area contributed by atoms with E-state index in [2.05, 4.69) is 41.6 Å². The monoisotopic (exact) mass is 265 g/mol. The second-order valence-corrected chi connectivity index (χ2v) is 5.68. The maximum Gasteiger partial charge on any atom is 0.103 e. The normalized spacial score (nSPS) is 10.7. The van der Waals surface area contributed by atoms with Crippen LogP contribution in [0.3, 0.4) is 0 Å². The van der Waals surface area contributed by atoms with Crippen molar-refractivity contribution in [3.05, 3.63) is 45.9 Å². The Hall–Kier alpha value is -0.840. The standard InChI is InChI=1S/C13H15NOS2/c1-10-5-3-4-6-12(10)16-9-13-14-11(7-15-2)8-17-13/h3-6,8H,7,9H2,1-2H3. The Labute approximate surface area is 110 Å². The van der Waals surface area contributed by atoms with Gasteiger partial charge < -0.3 is 4.74 Å². The third kappa shape index (κ3) is 3.56. The number of hydrogen-bond acceptors (Lipinski definition) is 4. The van der Waals surface area contributed by atoms with E-state index in [9.17, 15) is 0 Å². The summed E-state index contributed by atoms with van der Waals surface area (Å²) in [7, 11) is 1.70. The summed E-state index contributed by atoms with van der Waals surface area (Å²) in [6.45, 7) is 2.74. The van der Waals surface area contributed by atoms with Crippen molar-refractivity contribution in [2.24, 2.45) is 0 Å². The molecule has 1 aromatic carbocycles. The minimum absolute atomic E-state index is 0.603. The number of ether oxygens (including phenoxy) is 1. The average molecular weight is 265 g/mol. The topological polar surface area (TPSA) is 22.1 Å². The molecule has 17 heavy (non-hydrogen) atoms. The van der Waals surface area contributed by atoms with Crippen LogP contribution in [0.2, 0.25) is 0 Å². The molecule has 1 aromatic heterocycles. The molecule has 0 aliphatic rings. The first kappa shape index (κ1) is 12.6. The lowest BCUT2D eigenvalue weighted by Gasteiger charge is -2.02. The molecule has 0 saturated carbocycles. The summed E-state index contributed by atoms with van der Waals surface area (Å²) < 4.78 is 5.06. The van der Waals surface area contributed by atoms with E-state index in [-0.39, 0.29) is 0 Å². The number of thiazole rings is 1. The predicted octanol–water partition coefficient (Wildman–Crippen LogP) is 3.89. The molecule has 2 rings (SSSR count). The van der Waals surface area contributed by atoms with E-state index in [0.717, 1.165) is 16.5 Å². The number of rotatable bonds is 5. The van der Waals surface area contributed by atoms with Crippen LogP contribution in [0.1, 0.15) is 16.3 Å². The van der Waals surface area contributed by atoms with Gasteiger partial charge in [-0.3, -0.25) is 0 Å². The van der Waals surface area contributed by atoms with E-state index in [1.807, 2.05) is 11.8 Å². The highest BCUT2D eigenvalue weighted by Crippen LogP contribution is 2.26. The van der Waals surface area contributed by atoms with Crippen molar-refractivity contribution in [3.63, 3.8) is 0 Å². The van der Waals surface area contributed by atoms with Gasteiger partial charge in [-0.05, 0) is 18.6 Å². The van der Waals surface area contributed by atoms with Gasteiger partial charge in [-0.2, -0.15) is 0 Å². The van der Waals surface area contributed by atoms with Crippen LogP contribution < -0.4 is 0 Å². The van der Waals surface area contributed by atoms with Gasteiger partial charge in [0.1, 0.15) is 5.01 Å². The van der Waals surface area contributed by atoms with Crippen LogP contribution in [0.5, 0.6) is 0 Å². The largest absolute Gasteiger partial charge is 0.378 e. The first-order valence-corrected chi connectivity index (χ1v) is 7.27. The highest BCUT2D eigenvalue weighted by molar-refractivity contribution is 7.98. The van der Waals surface area contributed by atoms with Gasteiger partial charge in [0.15, 0.2) is 0 Å². The second kappa shape index (κ2) is 6.19. The lowest BCUT2D eigenvalue weighted by Crippen LogP contribution is -1.88. The van der Waals surface area contributed by atoms with Gasteiger partial charge in [0, 0.05) is 17.4 Å². The summed E-state index contributed by atoms with van der Waals surface area (Å²) in [5.41, 5.74) is 2.35. The molecular formula is C13H15NOS2. The molecule has 0 atom stereocenters. The van der Waals surface area contributed by atoms with Crippen LogP contribution in [-0.4, -0.2) is 12.1 Å². The Morgan fingerprint density at radius 2 is 2.18 bits per heavy atom. The molecule has 0 aliphatic carbocycles. The predicted molar refractivity (Wildman–Crippen MR) is 73.6 cm³/mol. The number of methoxy groups -OCH3 is 1. The summed E-state index contributed by atoms with van der Waals surface area (Å²) in [6, 6.07) is 8.44. The second-order valence-electron chi connectivity index (χ2n) is 3.72. The molecule has 2 aromatic rings. The molecule has 0 fully saturated rings. The number of hydrogen-bond donors (Lipinski definition) is 0. The van der Waals surface area contributed by atoms with Crippen molar-refractivity contribution in [1.82, 2.24) is 4.98 Å². The number of thioether (sulfide) groups is 1. The molecule has 0 unspecified atom stereocenters. The molecule has 0 N–H and O–H groups in total. The van der Waals surface area contributed by atoms with Gasteiger partial charge in [0.05, 0.1) is 18.1 Å². The summed E-state index contributed by atoms with van der Waals surface area (Å²) >= 11 is 3.54. The molecule has 0 spiro atoms. The van der Waals surface area contributed by atoms with Crippen LogP contribution in [-0.2, 0) is 17.1 Å². The lowest BCUT2D eigenvalue weighted by atomic mass is 10.2. The summed E-state index contributed by atoms with van der Waals surface area (Å²) in [6.07, 6.45) is 0.